The van der Waals surface area contributed by atoms with Gasteiger partial charge in [-0.2, -0.15) is 5.10 Å². The molecule has 1 atom stereocenters. The highest BCUT2D eigenvalue weighted by Crippen LogP contribution is 2.59. The van der Waals surface area contributed by atoms with Crippen LogP contribution in [0.15, 0.2) is 82.4 Å². The summed E-state index contributed by atoms with van der Waals surface area (Å²) in [6.45, 7) is 4.16. The monoisotopic (exact) mass is 446 g/mol. The second kappa shape index (κ2) is 7.96. The Kier molecular flexibility index (Phi) is 5.37. The van der Waals surface area contributed by atoms with Crippen LogP contribution in [0.5, 0.6) is 0 Å². The molecular formula is C25H23BrN2O. The predicted octanol–water partition coefficient (Wildman–Crippen LogP) is 5.52. The molecule has 1 aliphatic carbocycles. The van der Waals surface area contributed by atoms with Crippen LogP contribution in [0.4, 0.5) is 0 Å². The molecule has 3 nitrogen and oxygen atoms in total. The molecular weight excluding hydrogens is 424 g/mol. The van der Waals surface area contributed by atoms with Crippen LogP contribution in [0.3, 0.4) is 0 Å². The lowest BCUT2D eigenvalue weighted by Crippen LogP contribution is -2.25. The summed E-state index contributed by atoms with van der Waals surface area (Å²) < 4.78 is 0.979. The van der Waals surface area contributed by atoms with Crippen LogP contribution in [0.2, 0.25) is 0 Å². The van der Waals surface area contributed by atoms with Crippen LogP contribution in [0, 0.1) is 19.8 Å². The van der Waals surface area contributed by atoms with Crippen molar-refractivity contribution < 1.29 is 4.79 Å². The maximum Gasteiger partial charge on any atom is 0.244 e. The van der Waals surface area contributed by atoms with Gasteiger partial charge in [0.25, 0.3) is 0 Å². The SMILES string of the molecule is Cc1ccc(C2(c3ccc(C)cc3)CC2C(=O)N/N=C/c2cccc(Br)c2)cc1. The molecule has 0 saturated heterocycles. The Balaban J connectivity index is 1.57. The van der Waals surface area contributed by atoms with Gasteiger partial charge in [0.2, 0.25) is 5.91 Å². The fourth-order valence-corrected chi connectivity index (χ4v) is 4.34. The van der Waals surface area contributed by atoms with Gasteiger partial charge in [-0.25, -0.2) is 5.43 Å². The van der Waals surface area contributed by atoms with Gasteiger partial charge < -0.3 is 0 Å². The van der Waals surface area contributed by atoms with E-state index in [1.165, 1.54) is 22.3 Å². The highest BCUT2D eigenvalue weighted by atomic mass is 79.9. The van der Waals surface area contributed by atoms with Crippen molar-refractivity contribution in [1.29, 1.82) is 0 Å². The Hall–Kier alpha value is -2.72. The van der Waals surface area contributed by atoms with Gasteiger partial charge in [-0.05, 0) is 49.1 Å². The van der Waals surface area contributed by atoms with Crippen LogP contribution in [0.25, 0.3) is 0 Å². The molecule has 4 heteroatoms. The van der Waals surface area contributed by atoms with Gasteiger partial charge in [0.1, 0.15) is 0 Å². The second-order valence-electron chi connectivity index (χ2n) is 7.75. The van der Waals surface area contributed by atoms with Gasteiger partial charge >= 0.3 is 0 Å². The zero-order valence-electron chi connectivity index (χ0n) is 16.5. The van der Waals surface area contributed by atoms with Gasteiger partial charge in [-0.15, -0.1) is 0 Å². The van der Waals surface area contributed by atoms with E-state index in [0.29, 0.717) is 0 Å². The molecule has 0 aliphatic heterocycles. The Morgan fingerprint density at radius 2 is 1.59 bits per heavy atom. The van der Waals surface area contributed by atoms with Crippen LogP contribution in [-0.4, -0.2) is 12.1 Å². The quantitative estimate of drug-likeness (QED) is 0.406. The lowest BCUT2D eigenvalue weighted by Gasteiger charge is -2.19. The minimum absolute atomic E-state index is 0.0441. The number of amides is 1. The number of nitrogens with one attached hydrogen (secondary N) is 1. The van der Waals surface area contributed by atoms with Crippen molar-refractivity contribution >= 4 is 28.1 Å². The molecule has 0 bridgehead atoms. The molecule has 1 saturated carbocycles. The third-order valence-corrected chi connectivity index (χ3v) is 6.14. The number of hydrazone groups is 1. The van der Waals surface area contributed by atoms with Gasteiger partial charge in [0.05, 0.1) is 12.1 Å². The molecule has 0 spiro atoms. The largest absolute Gasteiger partial charge is 0.273 e. The number of carbonyl (C=O) groups excluding carboxylic acids is 1. The Morgan fingerprint density at radius 3 is 2.14 bits per heavy atom. The lowest BCUT2D eigenvalue weighted by molar-refractivity contribution is -0.122. The molecule has 3 aromatic rings. The third kappa shape index (κ3) is 4.03. The molecule has 1 fully saturated rings. The van der Waals surface area contributed by atoms with E-state index < -0.39 is 0 Å². The summed E-state index contributed by atoms with van der Waals surface area (Å²) in [5.74, 6) is -0.176. The molecule has 1 aliphatic rings. The number of nitrogens with zero attached hydrogens (tertiary/aromatic N) is 1. The summed E-state index contributed by atoms with van der Waals surface area (Å²) >= 11 is 3.44. The topological polar surface area (TPSA) is 41.5 Å². The van der Waals surface area contributed by atoms with Crippen LogP contribution in [0.1, 0.15) is 34.2 Å². The molecule has 0 radical (unpaired) electrons. The Morgan fingerprint density at radius 1 is 1.00 bits per heavy atom. The molecule has 0 aromatic heterocycles. The van der Waals surface area contributed by atoms with E-state index in [1.807, 2.05) is 24.3 Å². The minimum Gasteiger partial charge on any atom is -0.273 e. The molecule has 1 unspecified atom stereocenters. The van der Waals surface area contributed by atoms with Gasteiger partial charge in [-0.1, -0.05) is 87.7 Å². The molecule has 3 aromatic carbocycles. The number of rotatable bonds is 5. The predicted molar refractivity (Wildman–Crippen MR) is 121 cm³/mol. The first-order valence-electron chi connectivity index (χ1n) is 9.72. The standard InChI is InChI=1S/C25H23BrN2O/c1-17-6-10-20(11-7-17)25(21-12-8-18(2)9-13-21)15-23(25)24(29)28-27-16-19-4-3-5-22(26)14-19/h3-14,16,23H,15H2,1-2H3,(H,28,29)/b27-16+. The maximum absolute atomic E-state index is 12.9. The van der Waals surface area contributed by atoms with Crippen molar-refractivity contribution in [3.63, 3.8) is 0 Å². The van der Waals surface area contributed by atoms with Gasteiger partial charge in [-0.3, -0.25) is 4.79 Å². The van der Waals surface area contributed by atoms with Gasteiger partial charge in [0.15, 0.2) is 0 Å². The van der Waals surface area contributed by atoms with E-state index in [4.69, 9.17) is 0 Å². The number of hydrogen-bond acceptors (Lipinski definition) is 2. The third-order valence-electron chi connectivity index (χ3n) is 5.65. The highest BCUT2D eigenvalue weighted by molar-refractivity contribution is 9.10. The average molecular weight is 447 g/mol. The van der Waals surface area contributed by atoms with Crippen molar-refractivity contribution in [2.24, 2.45) is 11.0 Å². The van der Waals surface area contributed by atoms with Crippen molar-refractivity contribution in [2.75, 3.05) is 0 Å². The molecule has 146 valence electrons. The number of halogens is 1. The summed E-state index contributed by atoms with van der Waals surface area (Å²) in [5.41, 5.74) is 8.19. The second-order valence-corrected chi connectivity index (χ2v) is 8.67. The maximum atomic E-state index is 12.9. The van der Waals surface area contributed by atoms with E-state index in [9.17, 15) is 4.79 Å². The summed E-state index contributed by atoms with van der Waals surface area (Å²) in [5, 5.41) is 4.18. The molecule has 4 rings (SSSR count). The summed E-state index contributed by atoms with van der Waals surface area (Å²) in [6.07, 6.45) is 2.46. The number of hydrogen-bond donors (Lipinski definition) is 1. The molecule has 0 heterocycles. The first kappa shape index (κ1) is 19.6. The van der Waals surface area contributed by atoms with Crippen molar-refractivity contribution in [2.45, 2.75) is 25.7 Å². The van der Waals surface area contributed by atoms with Crippen LogP contribution in [-0.2, 0) is 10.2 Å². The van der Waals surface area contributed by atoms with E-state index in [-0.39, 0.29) is 17.2 Å². The molecule has 1 amide bonds. The van der Waals surface area contributed by atoms with Crippen LogP contribution < -0.4 is 5.43 Å². The van der Waals surface area contributed by atoms with E-state index in [0.717, 1.165) is 16.5 Å². The van der Waals surface area contributed by atoms with Crippen molar-refractivity contribution in [1.82, 2.24) is 5.43 Å². The van der Waals surface area contributed by atoms with Crippen molar-refractivity contribution in [3.05, 3.63) is 105 Å². The smallest absolute Gasteiger partial charge is 0.244 e. The number of benzene rings is 3. The molecule has 1 N–H and O–H groups in total. The highest BCUT2D eigenvalue weighted by Gasteiger charge is 2.60. The fourth-order valence-electron chi connectivity index (χ4n) is 3.92. The van der Waals surface area contributed by atoms with Gasteiger partial charge in [0, 0.05) is 9.89 Å². The minimum atomic E-state index is -0.281. The zero-order chi connectivity index (χ0) is 20.4. The zero-order valence-corrected chi connectivity index (χ0v) is 18.1. The van der Waals surface area contributed by atoms with Crippen molar-refractivity contribution in [3.8, 4) is 0 Å². The summed E-state index contributed by atoms with van der Waals surface area (Å²) in [4.78, 5) is 12.9. The fraction of sp³-hybridized carbons (Fsp3) is 0.200. The number of aryl methyl sites for hydroxylation is 2. The first-order chi connectivity index (χ1) is 14.0. The lowest BCUT2D eigenvalue weighted by atomic mass is 9.85. The Labute approximate surface area is 180 Å². The number of carbonyl (C=O) groups is 1. The summed E-state index contributed by atoms with van der Waals surface area (Å²) in [6, 6.07) is 24.8. The van der Waals surface area contributed by atoms with E-state index >= 15 is 0 Å². The van der Waals surface area contributed by atoms with Crippen LogP contribution >= 0.6 is 15.9 Å². The molecule has 29 heavy (non-hydrogen) atoms. The Bertz CT molecular complexity index is 1010. The van der Waals surface area contributed by atoms with E-state index in [2.05, 4.69) is 88.8 Å². The van der Waals surface area contributed by atoms with E-state index in [1.54, 1.807) is 6.21 Å². The normalized spacial score (nSPS) is 17.3. The summed E-state index contributed by atoms with van der Waals surface area (Å²) in [7, 11) is 0. The first-order valence-corrected chi connectivity index (χ1v) is 10.5. The average Bonchev–Trinajstić information content (AvgIpc) is 3.46.